The molecule has 0 saturated carbocycles. The van der Waals surface area contributed by atoms with Crippen LogP contribution in [0, 0.1) is 10.1 Å². The van der Waals surface area contributed by atoms with E-state index in [1.165, 1.54) is 18.1 Å². The second kappa shape index (κ2) is 8.00. The molecule has 1 saturated heterocycles. The van der Waals surface area contributed by atoms with Crippen molar-refractivity contribution >= 4 is 17.6 Å². The average molecular weight is 368 g/mol. The summed E-state index contributed by atoms with van der Waals surface area (Å²) in [5.74, 6) is -1.54. The summed E-state index contributed by atoms with van der Waals surface area (Å²) in [5.41, 5.74) is -0.640. The van der Waals surface area contributed by atoms with Crippen molar-refractivity contribution in [3.8, 4) is 11.5 Å². The Morgan fingerprint density at radius 2 is 2.08 bits per heavy atom. The summed E-state index contributed by atoms with van der Waals surface area (Å²) in [6, 6.07) is 2.37. The molecular weight excluding hydrogens is 348 g/mol. The molecule has 0 radical (unpaired) electrons. The molecule has 10 heteroatoms. The third-order valence-corrected chi connectivity index (χ3v) is 3.83. The Balaban J connectivity index is 2.44. The van der Waals surface area contributed by atoms with Gasteiger partial charge < -0.3 is 24.2 Å². The number of benzene rings is 1. The maximum absolute atomic E-state index is 12.9. The largest absolute Gasteiger partial charge is 0.493 e. The van der Waals surface area contributed by atoms with Crippen molar-refractivity contribution < 1.29 is 33.8 Å². The first-order valence-corrected chi connectivity index (χ1v) is 7.95. The number of hydrogen-bond acceptors (Lipinski definition) is 7. The Hall–Kier alpha value is -2.88. The molecule has 1 aromatic rings. The molecule has 0 aliphatic carbocycles. The number of carbonyl (C=O) groups excluding carboxylic acids is 1. The van der Waals surface area contributed by atoms with Gasteiger partial charge in [-0.15, -0.1) is 0 Å². The molecule has 142 valence electrons. The minimum Gasteiger partial charge on any atom is -0.493 e. The molecule has 26 heavy (non-hydrogen) atoms. The molecule has 0 aromatic heterocycles. The van der Waals surface area contributed by atoms with E-state index in [2.05, 4.69) is 0 Å². The number of rotatable bonds is 6. The molecule has 2 atom stereocenters. The lowest BCUT2D eigenvalue weighted by Crippen LogP contribution is -2.51. The summed E-state index contributed by atoms with van der Waals surface area (Å²) in [7, 11) is 1.34. The molecule has 2 rings (SSSR count). The molecule has 1 heterocycles. The van der Waals surface area contributed by atoms with Crippen molar-refractivity contribution in [3.05, 3.63) is 27.8 Å². The van der Waals surface area contributed by atoms with Crippen LogP contribution in [0.5, 0.6) is 11.5 Å². The maximum Gasteiger partial charge on any atom is 0.334 e. The van der Waals surface area contributed by atoms with Gasteiger partial charge in [0.15, 0.2) is 17.6 Å². The number of carboxylic acid groups (broad SMARTS) is 1. The number of hydrogen-bond donors (Lipinski definition) is 1. The maximum atomic E-state index is 12.9. The van der Waals surface area contributed by atoms with Crippen LogP contribution in [0.25, 0.3) is 0 Å². The fourth-order valence-corrected chi connectivity index (χ4v) is 2.72. The third-order valence-electron chi connectivity index (χ3n) is 3.83. The summed E-state index contributed by atoms with van der Waals surface area (Å²) >= 11 is 0. The first-order valence-electron chi connectivity index (χ1n) is 7.95. The minimum absolute atomic E-state index is 0.121. The Morgan fingerprint density at radius 1 is 1.38 bits per heavy atom. The third kappa shape index (κ3) is 4.02. The number of nitro benzene ring substituents is 1. The number of amides is 1. The van der Waals surface area contributed by atoms with E-state index >= 15 is 0 Å². The van der Waals surface area contributed by atoms with Crippen molar-refractivity contribution in [3.63, 3.8) is 0 Å². The first kappa shape index (κ1) is 19.4. The predicted molar refractivity (Wildman–Crippen MR) is 88.7 cm³/mol. The Morgan fingerprint density at radius 3 is 2.62 bits per heavy atom. The Bertz CT molecular complexity index is 720. The quantitative estimate of drug-likeness (QED) is 0.588. The van der Waals surface area contributed by atoms with Crippen LogP contribution in [0.3, 0.4) is 0 Å². The topological polar surface area (TPSA) is 128 Å². The highest BCUT2D eigenvalue weighted by molar-refractivity contribution is 5.99. The SMILES string of the molecule is CCOc1cc(C(=O)N2CC(C(=O)O)O[C@H](C)C2)c([N+](=O)[O-])cc1OC. The number of morpholine rings is 1. The summed E-state index contributed by atoms with van der Waals surface area (Å²) < 4.78 is 15.7. The van der Waals surface area contributed by atoms with Crippen molar-refractivity contribution in [2.75, 3.05) is 26.8 Å². The number of methoxy groups -OCH3 is 1. The number of nitro groups is 1. The van der Waals surface area contributed by atoms with Crippen LogP contribution in [0.1, 0.15) is 24.2 Å². The highest BCUT2D eigenvalue weighted by Gasteiger charge is 2.35. The minimum atomic E-state index is -1.20. The molecule has 1 aliphatic rings. The van der Waals surface area contributed by atoms with E-state index in [1.807, 2.05) is 0 Å². The molecule has 1 aliphatic heterocycles. The molecule has 1 N–H and O–H groups in total. The van der Waals surface area contributed by atoms with E-state index in [-0.39, 0.29) is 36.8 Å². The van der Waals surface area contributed by atoms with Crippen LogP contribution >= 0.6 is 0 Å². The van der Waals surface area contributed by atoms with Gasteiger partial charge in [-0.3, -0.25) is 14.9 Å². The van der Waals surface area contributed by atoms with Gasteiger partial charge in [0.25, 0.3) is 11.6 Å². The van der Waals surface area contributed by atoms with Gasteiger partial charge in [-0.05, 0) is 13.8 Å². The normalized spacial score (nSPS) is 19.7. The monoisotopic (exact) mass is 368 g/mol. The second-order valence-corrected chi connectivity index (χ2v) is 5.69. The zero-order valence-corrected chi connectivity index (χ0v) is 14.6. The fraction of sp³-hybridized carbons (Fsp3) is 0.500. The van der Waals surface area contributed by atoms with Gasteiger partial charge in [0.05, 0.1) is 37.4 Å². The smallest absolute Gasteiger partial charge is 0.334 e. The summed E-state index contributed by atoms with van der Waals surface area (Å²) in [5, 5.41) is 20.5. The van der Waals surface area contributed by atoms with Gasteiger partial charge in [0.2, 0.25) is 0 Å². The standard InChI is InChI=1S/C16H20N2O8/c1-4-25-13-5-10(11(18(22)23)6-12(13)24-3)15(19)17-7-9(2)26-14(8-17)16(20)21/h5-6,9,14H,4,7-8H2,1-3H3,(H,20,21)/t9-,14?/m1/s1. The van der Waals surface area contributed by atoms with Crippen LogP contribution in [0.4, 0.5) is 5.69 Å². The molecule has 1 amide bonds. The highest BCUT2D eigenvalue weighted by Crippen LogP contribution is 2.35. The second-order valence-electron chi connectivity index (χ2n) is 5.69. The molecule has 0 bridgehead atoms. The van der Waals surface area contributed by atoms with Crippen LogP contribution in [-0.4, -0.2) is 65.8 Å². The van der Waals surface area contributed by atoms with E-state index in [9.17, 15) is 19.7 Å². The fourth-order valence-electron chi connectivity index (χ4n) is 2.72. The summed E-state index contributed by atoms with van der Waals surface area (Å²) in [6.45, 7) is 3.55. The average Bonchev–Trinajstić information content (AvgIpc) is 2.60. The molecular formula is C16H20N2O8. The number of carboxylic acids is 1. The molecule has 1 fully saturated rings. The van der Waals surface area contributed by atoms with Crippen molar-refractivity contribution in [1.29, 1.82) is 0 Å². The van der Waals surface area contributed by atoms with E-state index < -0.39 is 34.7 Å². The molecule has 10 nitrogen and oxygen atoms in total. The Labute approximate surface area is 149 Å². The van der Waals surface area contributed by atoms with Gasteiger partial charge in [-0.25, -0.2) is 4.79 Å². The molecule has 1 aromatic carbocycles. The summed E-state index contributed by atoms with van der Waals surface area (Å²) in [6.07, 6.45) is -1.70. The van der Waals surface area contributed by atoms with E-state index in [1.54, 1.807) is 13.8 Å². The van der Waals surface area contributed by atoms with Crippen LogP contribution in [0.15, 0.2) is 12.1 Å². The zero-order chi connectivity index (χ0) is 19.4. The zero-order valence-electron chi connectivity index (χ0n) is 14.6. The van der Waals surface area contributed by atoms with Crippen molar-refractivity contribution in [2.45, 2.75) is 26.1 Å². The number of nitrogens with zero attached hydrogens (tertiary/aromatic N) is 2. The van der Waals surface area contributed by atoms with Crippen LogP contribution < -0.4 is 9.47 Å². The lowest BCUT2D eigenvalue weighted by atomic mass is 10.1. The van der Waals surface area contributed by atoms with Gasteiger partial charge in [-0.2, -0.15) is 0 Å². The van der Waals surface area contributed by atoms with Crippen molar-refractivity contribution in [2.24, 2.45) is 0 Å². The predicted octanol–water partition coefficient (Wildman–Crippen LogP) is 1.32. The highest BCUT2D eigenvalue weighted by atomic mass is 16.6. The lowest BCUT2D eigenvalue weighted by molar-refractivity contribution is -0.385. The van der Waals surface area contributed by atoms with Gasteiger partial charge in [0.1, 0.15) is 5.56 Å². The molecule has 0 spiro atoms. The van der Waals surface area contributed by atoms with Gasteiger partial charge >= 0.3 is 5.97 Å². The van der Waals surface area contributed by atoms with E-state index in [0.29, 0.717) is 0 Å². The van der Waals surface area contributed by atoms with Crippen LogP contribution in [-0.2, 0) is 9.53 Å². The number of carbonyl (C=O) groups is 2. The van der Waals surface area contributed by atoms with Gasteiger partial charge in [0, 0.05) is 12.6 Å². The number of ether oxygens (including phenoxy) is 3. The van der Waals surface area contributed by atoms with E-state index in [0.717, 1.165) is 6.07 Å². The Kier molecular flexibility index (Phi) is 5.98. The van der Waals surface area contributed by atoms with E-state index in [4.69, 9.17) is 19.3 Å². The number of aliphatic carboxylic acids is 1. The van der Waals surface area contributed by atoms with Gasteiger partial charge in [-0.1, -0.05) is 0 Å². The molecule has 1 unspecified atom stereocenters. The summed E-state index contributed by atoms with van der Waals surface area (Å²) in [4.78, 5) is 36.0. The lowest BCUT2D eigenvalue weighted by Gasteiger charge is -2.34. The van der Waals surface area contributed by atoms with Crippen molar-refractivity contribution in [1.82, 2.24) is 4.90 Å². The first-order chi connectivity index (χ1) is 12.3. The van der Waals surface area contributed by atoms with Crippen LogP contribution in [0.2, 0.25) is 0 Å².